The van der Waals surface area contributed by atoms with Crippen molar-refractivity contribution in [2.24, 2.45) is 0 Å². The predicted octanol–water partition coefficient (Wildman–Crippen LogP) is 1.51. The number of sulfonamides is 1. The summed E-state index contributed by atoms with van der Waals surface area (Å²) in [5.74, 6) is 0. The van der Waals surface area contributed by atoms with Crippen LogP contribution in [0.2, 0.25) is 0 Å². The maximum atomic E-state index is 12.8. The average Bonchev–Trinajstić information content (AvgIpc) is 3.08. The molecule has 1 saturated carbocycles. The first kappa shape index (κ1) is 14.6. The largest absolute Gasteiger partial charge is 0.407 e. The maximum absolute atomic E-state index is 12.8. The standard InChI is InChI=1S/C11H10F3N3O2S/c12-11(13,14)10(3-4-10)17-20(18,19)9-2-1-8(16)5-7(9)6-15/h1-2,5,17H,3-4,16H2. The number of anilines is 1. The minimum atomic E-state index is -4.67. The molecule has 0 atom stereocenters. The third-order valence-corrected chi connectivity index (χ3v) is 4.63. The summed E-state index contributed by atoms with van der Waals surface area (Å²) in [6.07, 6.45) is -5.29. The third kappa shape index (κ3) is 2.44. The van der Waals surface area contributed by atoms with Gasteiger partial charge in [0.25, 0.3) is 0 Å². The van der Waals surface area contributed by atoms with Gasteiger partial charge >= 0.3 is 6.18 Å². The number of alkyl halides is 3. The van der Waals surface area contributed by atoms with Crippen LogP contribution >= 0.6 is 0 Å². The number of benzene rings is 1. The van der Waals surface area contributed by atoms with Crippen LogP contribution in [-0.2, 0) is 10.0 Å². The quantitative estimate of drug-likeness (QED) is 0.827. The second-order valence-electron chi connectivity index (χ2n) is 4.55. The fraction of sp³-hybridized carbons (Fsp3) is 0.364. The Bertz CT molecular complexity index is 688. The van der Waals surface area contributed by atoms with Gasteiger partial charge in [0.2, 0.25) is 10.0 Å². The lowest BCUT2D eigenvalue weighted by molar-refractivity contribution is -0.160. The van der Waals surface area contributed by atoms with E-state index >= 15 is 0 Å². The van der Waals surface area contributed by atoms with Crippen molar-refractivity contribution in [3.05, 3.63) is 23.8 Å². The molecule has 1 aliphatic carbocycles. The second kappa shape index (κ2) is 4.36. The molecule has 9 heteroatoms. The number of nitrogens with one attached hydrogen (secondary N) is 1. The number of nitrogens with zero attached hydrogens (tertiary/aromatic N) is 1. The normalized spacial score (nSPS) is 17.5. The molecule has 1 aromatic rings. The molecule has 2 rings (SSSR count). The number of halogens is 3. The lowest BCUT2D eigenvalue weighted by Crippen LogP contribution is -2.47. The highest BCUT2D eigenvalue weighted by molar-refractivity contribution is 7.89. The molecular formula is C11H10F3N3O2S. The van der Waals surface area contributed by atoms with Gasteiger partial charge in [-0.25, -0.2) is 8.42 Å². The first-order valence-electron chi connectivity index (χ1n) is 5.52. The zero-order valence-electron chi connectivity index (χ0n) is 10.0. The van der Waals surface area contributed by atoms with Crippen molar-refractivity contribution < 1.29 is 21.6 Å². The molecule has 1 aliphatic rings. The molecule has 5 nitrogen and oxygen atoms in total. The fourth-order valence-corrected chi connectivity index (χ4v) is 3.34. The van der Waals surface area contributed by atoms with Gasteiger partial charge in [0.05, 0.1) is 10.5 Å². The van der Waals surface area contributed by atoms with Crippen LogP contribution in [0.3, 0.4) is 0 Å². The fourth-order valence-electron chi connectivity index (χ4n) is 1.75. The van der Waals surface area contributed by atoms with Crippen LogP contribution in [0.4, 0.5) is 18.9 Å². The highest BCUT2D eigenvalue weighted by Crippen LogP contribution is 2.49. The molecule has 20 heavy (non-hydrogen) atoms. The highest BCUT2D eigenvalue weighted by Gasteiger charge is 2.65. The van der Waals surface area contributed by atoms with Gasteiger partial charge in [0, 0.05) is 5.69 Å². The van der Waals surface area contributed by atoms with Gasteiger partial charge < -0.3 is 5.73 Å². The Hall–Kier alpha value is -1.79. The first-order chi connectivity index (χ1) is 9.11. The molecule has 0 amide bonds. The van der Waals surface area contributed by atoms with Crippen LogP contribution in [0.15, 0.2) is 23.1 Å². The van der Waals surface area contributed by atoms with E-state index in [0.717, 1.165) is 12.1 Å². The van der Waals surface area contributed by atoms with E-state index in [1.165, 1.54) is 6.07 Å². The number of hydrogen-bond acceptors (Lipinski definition) is 4. The van der Waals surface area contributed by atoms with Gasteiger partial charge in [-0.3, -0.25) is 0 Å². The Balaban J connectivity index is 2.41. The summed E-state index contributed by atoms with van der Waals surface area (Å²) in [7, 11) is -4.45. The summed E-state index contributed by atoms with van der Waals surface area (Å²) in [6.45, 7) is 0. The Morgan fingerprint density at radius 1 is 1.35 bits per heavy atom. The van der Waals surface area contributed by atoms with Gasteiger partial charge in [-0.1, -0.05) is 0 Å². The molecule has 0 heterocycles. The van der Waals surface area contributed by atoms with Gasteiger partial charge in [-0.15, -0.1) is 0 Å². The monoisotopic (exact) mass is 305 g/mol. The Morgan fingerprint density at radius 3 is 2.40 bits per heavy atom. The zero-order valence-corrected chi connectivity index (χ0v) is 10.8. The molecule has 0 aromatic heterocycles. The van der Waals surface area contributed by atoms with Crippen molar-refractivity contribution in [2.45, 2.75) is 29.5 Å². The average molecular weight is 305 g/mol. The minimum Gasteiger partial charge on any atom is -0.399 e. The minimum absolute atomic E-state index is 0.150. The highest BCUT2D eigenvalue weighted by atomic mass is 32.2. The number of nitrogens with two attached hydrogens (primary N) is 1. The van der Waals surface area contributed by atoms with Crippen LogP contribution in [0.25, 0.3) is 0 Å². The number of nitrogen functional groups attached to an aromatic ring is 1. The SMILES string of the molecule is N#Cc1cc(N)ccc1S(=O)(=O)NC1(C(F)(F)F)CC1. The first-order valence-corrected chi connectivity index (χ1v) is 7.00. The Kier molecular flexibility index (Phi) is 3.19. The molecule has 0 radical (unpaired) electrons. The maximum Gasteiger partial charge on any atom is 0.407 e. The topological polar surface area (TPSA) is 96.0 Å². The third-order valence-electron chi connectivity index (χ3n) is 3.04. The summed E-state index contributed by atoms with van der Waals surface area (Å²) in [4.78, 5) is -0.510. The van der Waals surface area contributed by atoms with E-state index in [4.69, 9.17) is 11.0 Å². The molecule has 0 aliphatic heterocycles. The van der Waals surface area contributed by atoms with E-state index in [0.29, 0.717) is 0 Å². The molecule has 0 spiro atoms. The lowest BCUT2D eigenvalue weighted by Gasteiger charge is -2.21. The van der Waals surface area contributed by atoms with Crippen molar-refractivity contribution in [3.8, 4) is 6.07 Å². The summed E-state index contributed by atoms with van der Waals surface area (Å²) in [5, 5.41) is 8.86. The number of rotatable bonds is 3. The van der Waals surface area contributed by atoms with E-state index in [9.17, 15) is 21.6 Å². The van der Waals surface area contributed by atoms with Crippen LogP contribution < -0.4 is 10.5 Å². The molecule has 3 N–H and O–H groups in total. The molecule has 108 valence electrons. The van der Waals surface area contributed by atoms with Crippen molar-refractivity contribution in [2.75, 3.05) is 5.73 Å². The van der Waals surface area contributed by atoms with Crippen molar-refractivity contribution in [3.63, 3.8) is 0 Å². The van der Waals surface area contributed by atoms with E-state index in [2.05, 4.69) is 0 Å². The molecule has 0 saturated heterocycles. The summed E-state index contributed by atoms with van der Waals surface area (Å²) in [5.41, 5.74) is 2.85. The smallest absolute Gasteiger partial charge is 0.399 e. The van der Waals surface area contributed by atoms with E-state index in [1.807, 2.05) is 0 Å². The zero-order chi connectivity index (χ0) is 15.2. The van der Waals surface area contributed by atoms with Gasteiger partial charge in [-0.05, 0) is 31.0 Å². The van der Waals surface area contributed by atoms with Crippen molar-refractivity contribution in [1.82, 2.24) is 4.72 Å². The lowest BCUT2D eigenvalue weighted by atomic mass is 10.2. The molecule has 1 fully saturated rings. The van der Waals surface area contributed by atoms with E-state index < -0.39 is 26.6 Å². The Morgan fingerprint density at radius 2 is 1.95 bits per heavy atom. The number of hydrogen-bond donors (Lipinski definition) is 2. The van der Waals surface area contributed by atoms with Crippen LogP contribution in [-0.4, -0.2) is 20.1 Å². The molecule has 1 aromatic carbocycles. The van der Waals surface area contributed by atoms with Crippen molar-refractivity contribution >= 4 is 15.7 Å². The molecule has 0 unspecified atom stereocenters. The van der Waals surface area contributed by atoms with Crippen LogP contribution in [0.5, 0.6) is 0 Å². The van der Waals surface area contributed by atoms with E-state index in [1.54, 1.807) is 10.8 Å². The van der Waals surface area contributed by atoms with Gasteiger partial charge in [-0.2, -0.15) is 23.2 Å². The van der Waals surface area contributed by atoms with Crippen molar-refractivity contribution in [1.29, 1.82) is 5.26 Å². The summed E-state index contributed by atoms with van der Waals surface area (Å²) < 4.78 is 64.0. The molecule has 0 bridgehead atoms. The predicted molar refractivity (Wildman–Crippen MR) is 63.9 cm³/mol. The summed E-state index contributed by atoms with van der Waals surface area (Å²) in [6, 6.07) is 4.93. The Labute approximate surface area is 113 Å². The second-order valence-corrected chi connectivity index (χ2v) is 6.20. The van der Waals surface area contributed by atoms with Crippen LogP contribution in [0, 0.1) is 11.3 Å². The number of nitriles is 1. The summed E-state index contributed by atoms with van der Waals surface area (Å²) >= 11 is 0. The van der Waals surface area contributed by atoms with Gasteiger partial charge in [0.1, 0.15) is 11.6 Å². The van der Waals surface area contributed by atoms with Gasteiger partial charge in [0.15, 0.2) is 0 Å². The molecular weight excluding hydrogens is 295 g/mol. The van der Waals surface area contributed by atoms with E-state index in [-0.39, 0.29) is 24.1 Å². The van der Waals surface area contributed by atoms with Crippen LogP contribution in [0.1, 0.15) is 18.4 Å².